The largest absolute Gasteiger partial charge is 0.141 e. The predicted octanol–water partition coefficient (Wildman–Crippen LogP) is 4.04. The normalized spacial score (nSPS) is 24.8. The fraction of sp³-hybridized carbons (Fsp3) is 0.571. The van der Waals surface area contributed by atoms with Crippen molar-refractivity contribution < 1.29 is 0 Å². The summed E-state index contributed by atoms with van der Waals surface area (Å²) in [6, 6.07) is 0. The van der Waals surface area contributed by atoms with Gasteiger partial charge in [0, 0.05) is 5.25 Å². The fourth-order valence-electron chi connectivity index (χ4n) is 2.15. The highest BCUT2D eigenvalue weighted by Gasteiger charge is 2.31. The molecule has 1 heteroatoms. The molecule has 0 heterocycles. The topological polar surface area (TPSA) is 0 Å². The van der Waals surface area contributed by atoms with Crippen LogP contribution < -0.4 is 0 Å². The summed E-state index contributed by atoms with van der Waals surface area (Å²) >= 11 is 1.89. The van der Waals surface area contributed by atoms with Gasteiger partial charge in [-0.15, -0.1) is 18.2 Å². The number of hydrogen-bond donors (Lipinski definition) is 0. The Morgan fingerprint density at radius 2 is 2.33 bits per heavy atom. The van der Waals surface area contributed by atoms with E-state index in [1.54, 1.807) is 0 Å². The number of allylic oxidation sites excluding steroid dienone is 2. The minimum atomic E-state index is 0.384. The van der Waals surface area contributed by atoms with Crippen molar-refractivity contribution in [2.24, 2.45) is 5.41 Å². The van der Waals surface area contributed by atoms with Gasteiger partial charge in [-0.25, -0.2) is 0 Å². The molecule has 0 nitrogen and oxygen atoms in total. The third-order valence-corrected chi connectivity index (χ3v) is 4.27. The van der Waals surface area contributed by atoms with E-state index in [1.165, 1.54) is 17.6 Å². The van der Waals surface area contributed by atoms with Crippen molar-refractivity contribution in [3.63, 3.8) is 0 Å². The van der Waals surface area contributed by atoms with E-state index in [9.17, 15) is 0 Å². The average molecular weight is 220 g/mol. The number of terminal acetylenes is 1. The summed E-state index contributed by atoms with van der Waals surface area (Å²) in [6.07, 6.45) is 9.71. The second-order valence-corrected chi connectivity index (χ2v) is 6.15. The van der Waals surface area contributed by atoms with Crippen LogP contribution in [0.5, 0.6) is 0 Å². The zero-order valence-electron chi connectivity index (χ0n) is 9.97. The zero-order valence-corrected chi connectivity index (χ0v) is 10.8. The molecular formula is C14H20S. The molecule has 0 N–H and O–H groups in total. The quantitative estimate of drug-likeness (QED) is 0.647. The molecule has 1 unspecified atom stereocenters. The van der Waals surface area contributed by atoms with Crippen molar-refractivity contribution in [2.75, 3.05) is 5.75 Å². The van der Waals surface area contributed by atoms with Crippen LogP contribution in [0.1, 0.15) is 33.6 Å². The van der Waals surface area contributed by atoms with Crippen molar-refractivity contribution in [2.45, 2.75) is 38.9 Å². The van der Waals surface area contributed by atoms with Gasteiger partial charge in [0.05, 0.1) is 5.75 Å². The molecule has 0 aromatic heterocycles. The maximum atomic E-state index is 5.32. The Bertz CT molecular complexity index is 315. The Hall–Kier alpha value is -0.610. The molecule has 1 aliphatic carbocycles. The highest BCUT2D eigenvalue weighted by Crippen LogP contribution is 2.43. The van der Waals surface area contributed by atoms with E-state index in [-0.39, 0.29) is 0 Å². The first-order valence-corrected chi connectivity index (χ1v) is 6.42. The highest BCUT2D eigenvalue weighted by atomic mass is 32.2. The van der Waals surface area contributed by atoms with Crippen LogP contribution in [0.3, 0.4) is 0 Å². The van der Waals surface area contributed by atoms with Gasteiger partial charge in [-0.2, -0.15) is 0 Å². The Balaban J connectivity index is 2.86. The maximum Gasteiger partial charge on any atom is 0.0550 e. The van der Waals surface area contributed by atoms with Crippen LogP contribution in [0, 0.1) is 17.8 Å². The second kappa shape index (κ2) is 4.94. The van der Waals surface area contributed by atoms with Gasteiger partial charge >= 0.3 is 0 Å². The highest BCUT2D eigenvalue weighted by molar-refractivity contribution is 8.00. The predicted molar refractivity (Wildman–Crippen MR) is 71.0 cm³/mol. The molecule has 0 aromatic rings. The maximum absolute atomic E-state index is 5.32. The van der Waals surface area contributed by atoms with Crippen molar-refractivity contribution in [1.82, 2.24) is 0 Å². The van der Waals surface area contributed by atoms with E-state index in [1.807, 2.05) is 17.8 Å². The van der Waals surface area contributed by atoms with Crippen LogP contribution in [0.15, 0.2) is 23.8 Å². The lowest BCUT2D eigenvalue weighted by Gasteiger charge is -2.36. The number of hydrogen-bond acceptors (Lipinski definition) is 1. The summed E-state index contributed by atoms with van der Waals surface area (Å²) in [6.45, 7) is 10.8. The minimum absolute atomic E-state index is 0.384. The summed E-state index contributed by atoms with van der Waals surface area (Å²) < 4.78 is 0. The van der Waals surface area contributed by atoms with E-state index >= 15 is 0 Å². The van der Waals surface area contributed by atoms with Crippen molar-refractivity contribution in [3.8, 4) is 12.3 Å². The molecule has 0 radical (unpaired) electrons. The lowest BCUT2D eigenvalue weighted by atomic mass is 9.74. The molecule has 0 saturated heterocycles. The molecule has 0 aromatic carbocycles. The molecule has 0 spiro atoms. The average Bonchev–Trinajstić information content (AvgIpc) is 2.18. The monoisotopic (exact) mass is 220 g/mol. The van der Waals surface area contributed by atoms with Gasteiger partial charge < -0.3 is 0 Å². The lowest BCUT2D eigenvalue weighted by Crippen LogP contribution is -2.26. The van der Waals surface area contributed by atoms with Crippen LogP contribution in [0.4, 0.5) is 0 Å². The van der Waals surface area contributed by atoms with Crippen LogP contribution in [0.2, 0.25) is 0 Å². The lowest BCUT2D eigenvalue weighted by molar-refractivity contribution is 0.322. The van der Waals surface area contributed by atoms with E-state index in [4.69, 9.17) is 6.42 Å². The van der Waals surface area contributed by atoms with Gasteiger partial charge in [0.1, 0.15) is 0 Å². The van der Waals surface area contributed by atoms with Gasteiger partial charge in [-0.3, -0.25) is 0 Å². The first-order valence-electron chi connectivity index (χ1n) is 5.37. The molecule has 1 atom stereocenters. The van der Waals surface area contributed by atoms with Gasteiger partial charge in [0.15, 0.2) is 0 Å². The van der Waals surface area contributed by atoms with Gasteiger partial charge in [-0.1, -0.05) is 38.0 Å². The van der Waals surface area contributed by atoms with Gasteiger partial charge in [-0.05, 0) is 30.8 Å². The van der Waals surface area contributed by atoms with Crippen molar-refractivity contribution in [3.05, 3.63) is 23.8 Å². The molecule has 0 saturated carbocycles. The Labute approximate surface area is 98.2 Å². The van der Waals surface area contributed by atoms with Crippen molar-refractivity contribution in [1.29, 1.82) is 0 Å². The van der Waals surface area contributed by atoms with E-state index in [0.29, 0.717) is 10.7 Å². The molecule has 15 heavy (non-hydrogen) atoms. The zero-order chi connectivity index (χ0) is 11.5. The molecule has 82 valence electrons. The minimum Gasteiger partial charge on any atom is -0.141 e. The SMILES string of the molecule is C#CCSC1CC(C)(C)CC(C=C)=C1C. The molecule has 0 aliphatic heterocycles. The van der Waals surface area contributed by atoms with E-state index < -0.39 is 0 Å². The second-order valence-electron chi connectivity index (χ2n) is 4.96. The smallest absolute Gasteiger partial charge is 0.0550 e. The van der Waals surface area contributed by atoms with Gasteiger partial charge in [0.2, 0.25) is 0 Å². The summed E-state index contributed by atoms with van der Waals surface area (Å²) in [5, 5.41) is 0.581. The number of rotatable bonds is 3. The first-order chi connectivity index (χ1) is 7.00. The fourth-order valence-corrected chi connectivity index (χ4v) is 3.42. The molecule has 0 amide bonds. The van der Waals surface area contributed by atoms with Gasteiger partial charge in [0.25, 0.3) is 0 Å². The van der Waals surface area contributed by atoms with Crippen LogP contribution in [0.25, 0.3) is 0 Å². The Morgan fingerprint density at radius 3 is 2.87 bits per heavy atom. The summed E-state index contributed by atoms with van der Waals surface area (Å²) in [5.74, 6) is 3.52. The molecule has 0 bridgehead atoms. The summed E-state index contributed by atoms with van der Waals surface area (Å²) in [7, 11) is 0. The van der Waals surface area contributed by atoms with E-state index in [2.05, 4.69) is 33.3 Å². The summed E-state index contributed by atoms with van der Waals surface area (Å²) in [5.41, 5.74) is 3.28. The standard InChI is InChI=1S/C14H20S/c1-6-8-15-13-10-14(4,5)9-12(7-2)11(13)3/h1,7,13H,2,8-10H2,3-5H3. The first kappa shape index (κ1) is 12.5. The molecule has 1 aliphatic rings. The molecule has 1 rings (SSSR count). The van der Waals surface area contributed by atoms with Crippen molar-refractivity contribution >= 4 is 11.8 Å². The van der Waals surface area contributed by atoms with Crippen LogP contribution in [-0.2, 0) is 0 Å². The summed E-state index contributed by atoms with van der Waals surface area (Å²) in [4.78, 5) is 0. The van der Waals surface area contributed by atoms with E-state index in [0.717, 1.165) is 12.2 Å². The Kier molecular flexibility index (Phi) is 4.11. The molecular weight excluding hydrogens is 200 g/mol. The van der Waals surface area contributed by atoms with Crippen LogP contribution >= 0.6 is 11.8 Å². The third-order valence-electron chi connectivity index (χ3n) is 3.01. The number of thioether (sulfide) groups is 1. The third kappa shape index (κ3) is 3.18. The van der Waals surface area contributed by atoms with Crippen LogP contribution in [-0.4, -0.2) is 11.0 Å². The Morgan fingerprint density at radius 1 is 1.67 bits per heavy atom. The molecule has 0 fully saturated rings.